The molecule has 0 amide bonds. The molecule has 0 aliphatic carbocycles. The summed E-state index contributed by atoms with van der Waals surface area (Å²) < 4.78 is 0. The van der Waals surface area contributed by atoms with E-state index in [9.17, 15) is 5.26 Å². The van der Waals surface area contributed by atoms with Gasteiger partial charge in [0.1, 0.15) is 5.54 Å². The quantitative estimate of drug-likeness (QED) is 0.674. The Labute approximate surface area is 113 Å². The van der Waals surface area contributed by atoms with Gasteiger partial charge in [0.15, 0.2) is 0 Å². The lowest BCUT2D eigenvalue weighted by Gasteiger charge is -2.25. The van der Waals surface area contributed by atoms with Crippen LogP contribution in [0.2, 0.25) is 0 Å². The van der Waals surface area contributed by atoms with Gasteiger partial charge in [0.2, 0.25) is 0 Å². The number of rotatable bonds is 8. The third-order valence-corrected chi connectivity index (χ3v) is 4.16. The monoisotopic (exact) mass is 251 g/mol. The topological polar surface area (TPSA) is 39.1 Å². The van der Waals surface area contributed by atoms with Crippen molar-refractivity contribution in [2.75, 3.05) is 19.6 Å². The van der Waals surface area contributed by atoms with Gasteiger partial charge in [-0.2, -0.15) is 5.26 Å². The summed E-state index contributed by atoms with van der Waals surface area (Å²) in [6.07, 6.45) is 7.36. The Morgan fingerprint density at radius 3 is 2.78 bits per heavy atom. The molecular formula is C15H29N3. The van der Waals surface area contributed by atoms with Gasteiger partial charge in [0, 0.05) is 6.04 Å². The molecule has 3 heteroatoms. The predicted molar refractivity (Wildman–Crippen MR) is 76.4 cm³/mol. The highest BCUT2D eigenvalue weighted by molar-refractivity contribution is 5.03. The minimum Gasteiger partial charge on any atom is -0.300 e. The molecule has 0 saturated carbocycles. The lowest BCUT2D eigenvalue weighted by atomic mass is 9.96. The van der Waals surface area contributed by atoms with Crippen molar-refractivity contribution in [2.24, 2.45) is 0 Å². The Kier molecular flexibility index (Phi) is 6.67. The van der Waals surface area contributed by atoms with Gasteiger partial charge in [-0.25, -0.2) is 0 Å². The Hall–Kier alpha value is -0.590. The zero-order valence-corrected chi connectivity index (χ0v) is 12.3. The van der Waals surface area contributed by atoms with Crippen LogP contribution in [0.4, 0.5) is 0 Å². The van der Waals surface area contributed by atoms with Crippen LogP contribution in [0.15, 0.2) is 0 Å². The van der Waals surface area contributed by atoms with E-state index in [1.807, 2.05) is 6.92 Å². The zero-order chi connectivity index (χ0) is 13.4. The zero-order valence-electron chi connectivity index (χ0n) is 12.3. The fourth-order valence-electron chi connectivity index (χ4n) is 3.02. The summed E-state index contributed by atoms with van der Waals surface area (Å²) in [4.78, 5) is 2.64. The van der Waals surface area contributed by atoms with Crippen LogP contribution >= 0.6 is 0 Å². The second-order valence-corrected chi connectivity index (χ2v) is 5.67. The van der Waals surface area contributed by atoms with Gasteiger partial charge < -0.3 is 4.90 Å². The van der Waals surface area contributed by atoms with Crippen molar-refractivity contribution in [3.05, 3.63) is 0 Å². The van der Waals surface area contributed by atoms with Gasteiger partial charge in [-0.1, -0.05) is 13.8 Å². The van der Waals surface area contributed by atoms with E-state index in [1.165, 1.54) is 38.8 Å². The van der Waals surface area contributed by atoms with E-state index < -0.39 is 0 Å². The van der Waals surface area contributed by atoms with Crippen molar-refractivity contribution in [1.82, 2.24) is 10.2 Å². The average Bonchev–Trinajstić information content (AvgIpc) is 2.82. The molecule has 1 saturated heterocycles. The van der Waals surface area contributed by atoms with Gasteiger partial charge >= 0.3 is 0 Å². The van der Waals surface area contributed by atoms with E-state index in [0.29, 0.717) is 0 Å². The van der Waals surface area contributed by atoms with Crippen molar-refractivity contribution in [1.29, 1.82) is 5.26 Å². The Bertz CT molecular complexity index is 271. The van der Waals surface area contributed by atoms with Crippen LogP contribution in [0, 0.1) is 11.3 Å². The molecule has 1 fully saturated rings. The second-order valence-electron chi connectivity index (χ2n) is 5.67. The molecule has 0 spiro atoms. The molecule has 0 aromatic carbocycles. The Balaban J connectivity index is 2.20. The van der Waals surface area contributed by atoms with E-state index in [0.717, 1.165) is 25.4 Å². The smallest absolute Gasteiger partial charge is 0.103 e. The maximum atomic E-state index is 9.18. The number of nitrogens with one attached hydrogen (secondary N) is 1. The van der Waals surface area contributed by atoms with Crippen molar-refractivity contribution >= 4 is 0 Å². The molecule has 0 aromatic heterocycles. The van der Waals surface area contributed by atoms with Crippen molar-refractivity contribution in [2.45, 2.75) is 70.9 Å². The highest BCUT2D eigenvalue weighted by Crippen LogP contribution is 2.21. The molecule has 0 aromatic rings. The number of hydrogen-bond donors (Lipinski definition) is 1. The predicted octanol–water partition coefficient (Wildman–Crippen LogP) is 2.92. The molecular weight excluding hydrogens is 222 g/mol. The molecule has 1 aliphatic rings. The van der Waals surface area contributed by atoms with Crippen LogP contribution in [-0.2, 0) is 0 Å². The van der Waals surface area contributed by atoms with Gasteiger partial charge in [0.05, 0.1) is 6.07 Å². The fraction of sp³-hybridized carbons (Fsp3) is 0.933. The van der Waals surface area contributed by atoms with E-state index in [-0.39, 0.29) is 5.54 Å². The van der Waals surface area contributed by atoms with Crippen LogP contribution in [-0.4, -0.2) is 36.1 Å². The van der Waals surface area contributed by atoms with Crippen LogP contribution in [0.5, 0.6) is 0 Å². The first-order chi connectivity index (χ1) is 8.65. The highest BCUT2D eigenvalue weighted by Gasteiger charge is 2.24. The summed E-state index contributed by atoms with van der Waals surface area (Å²) in [6.45, 7) is 9.73. The number of unbranched alkanes of at least 4 members (excludes halogenated alkanes) is 1. The average molecular weight is 251 g/mol. The molecule has 2 unspecified atom stereocenters. The van der Waals surface area contributed by atoms with Crippen LogP contribution in [0.3, 0.4) is 0 Å². The van der Waals surface area contributed by atoms with E-state index in [2.05, 4.69) is 30.1 Å². The number of nitrogens with zero attached hydrogens (tertiary/aromatic N) is 2. The van der Waals surface area contributed by atoms with Gasteiger partial charge in [-0.3, -0.25) is 5.32 Å². The van der Waals surface area contributed by atoms with Crippen LogP contribution < -0.4 is 5.32 Å². The number of nitriles is 1. The third-order valence-electron chi connectivity index (χ3n) is 4.16. The third kappa shape index (κ3) is 4.59. The molecule has 0 radical (unpaired) electrons. The number of hydrogen-bond acceptors (Lipinski definition) is 3. The van der Waals surface area contributed by atoms with Crippen molar-refractivity contribution < 1.29 is 0 Å². The summed E-state index contributed by atoms with van der Waals surface area (Å²) >= 11 is 0. The standard InChI is InChI=1S/C15H29N3/c1-4-14-9-8-12-18(14)11-7-6-10-15(3,13-16)17-5-2/h14,17H,4-12H2,1-3H3. The second kappa shape index (κ2) is 7.76. The Morgan fingerprint density at radius 2 is 2.17 bits per heavy atom. The summed E-state index contributed by atoms with van der Waals surface area (Å²) in [7, 11) is 0. The van der Waals surface area contributed by atoms with E-state index >= 15 is 0 Å². The highest BCUT2D eigenvalue weighted by atomic mass is 15.2. The maximum absolute atomic E-state index is 9.18. The van der Waals surface area contributed by atoms with Crippen LogP contribution in [0.1, 0.15) is 59.3 Å². The minimum atomic E-state index is -0.329. The summed E-state index contributed by atoms with van der Waals surface area (Å²) in [5.41, 5.74) is -0.329. The van der Waals surface area contributed by atoms with Crippen molar-refractivity contribution in [3.8, 4) is 6.07 Å². The molecule has 3 nitrogen and oxygen atoms in total. The fourth-order valence-corrected chi connectivity index (χ4v) is 3.02. The van der Waals surface area contributed by atoms with Gasteiger partial charge in [-0.15, -0.1) is 0 Å². The van der Waals surface area contributed by atoms with E-state index in [4.69, 9.17) is 0 Å². The first-order valence-electron chi connectivity index (χ1n) is 7.55. The molecule has 0 bridgehead atoms. The molecule has 2 atom stereocenters. The molecule has 1 N–H and O–H groups in total. The summed E-state index contributed by atoms with van der Waals surface area (Å²) in [6, 6.07) is 3.22. The van der Waals surface area contributed by atoms with Crippen LogP contribution in [0.25, 0.3) is 0 Å². The SMILES string of the molecule is CCNC(C)(C#N)CCCCN1CCCC1CC. The first kappa shape index (κ1) is 15.5. The molecule has 1 rings (SSSR count). The largest absolute Gasteiger partial charge is 0.300 e. The first-order valence-corrected chi connectivity index (χ1v) is 7.55. The molecule has 1 aliphatic heterocycles. The number of likely N-dealkylation sites (tertiary alicyclic amines) is 1. The lowest BCUT2D eigenvalue weighted by Crippen LogP contribution is -2.40. The maximum Gasteiger partial charge on any atom is 0.103 e. The molecule has 1 heterocycles. The van der Waals surface area contributed by atoms with Crippen molar-refractivity contribution in [3.63, 3.8) is 0 Å². The minimum absolute atomic E-state index is 0.329. The van der Waals surface area contributed by atoms with Gasteiger partial charge in [0.25, 0.3) is 0 Å². The molecule has 104 valence electrons. The summed E-state index contributed by atoms with van der Waals surface area (Å²) in [5.74, 6) is 0. The van der Waals surface area contributed by atoms with E-state index in [1.54, 1.807) is 0 Å². The summed E-state index contributed by atoms with van der Waals surface area (Å²) in [5, 5.41) is 12.5. The lowest BCUT2D eigenvalue weighted by molar-refractivity contribution is 0.240. The Morgan fingerprint density at radius 1 is 1.39 bits per heavy atom. The van der Waals surface area contributed by atoms with Gasteiger partial charge in [-0.05, 0) is 65.1 Å². The molecule has 18 heavy (non-hydrogen) atoms. The normalized spacial score (nSPS) is 23.8.